The van der Waals surface area contributed by atoms with Crippen LogP contribution in [0.1, 0.15) is 234 Å². The van der Waals surface area contributed by atoms with Crippen LogP contribution in [0.3, 0.4) is 0 Å². The average molecular weight is 2790 g/mol. The molecule has 0 aromatic heterocycles. The number of hydrogen-bond acceptors (Lipinski definition) is 22. The molecule has 0 aliphatic rings. The Morgan fingerprint density at radius 1 is 0.240 bits per heavy atom. The predicted molar refractivity (Wildman–Crippen MR) is 558 cm³/mol. The van der Waals surface area contributed by atoms with Crippen LogP contribution >= 0.6 is 0 Å². The molecule has 13 aromatic rings. The first-order valence-corrected chi connectivity index (χ1v) is 62.3. The Morgan fingerprint density at radius 3 is 0.589 bits per heavy atom. The molecule has 0 heterocycles. The van der Waals surface area contributed by atoms with Crippen molar-refractivity contribution >= 4 is 60.7 Å². The number of rotatable bonds is 26. The van der Waals surface area contributed by atoms with Gasteiger partial charge >= 0.3 is 0 Å². The summed E-state index contributed by atoms with van der Waals surface area (Å²) < 4.78 is 220. The molecule has 796 valence electrons. The largest absolute Gasteiger partial charge is 0.748 e. The molecule has 34 heteroatoms. The molecule has 146 heavy (non-hydrogen) atoms. The third-order valence-corrected chi connectivity index (χ3v) is 31.6. The molecule has 22 nitrogen and oxygen atoms in total. The molecular weight excluding hydrogens is 2650 g/mol. The van der Waals surface area contributed by atoms with Gasteiger partial charge in [0.25, 0.3) is 136 Å². The monoisotopic (exact) mass is 2790 g/mol. The molecule has 6 unspecified atom stereocenters. The minimum atomic E-state index is -4.41. The van der Waals surface area contributed by atoms with Gasteiger partial charge in [0.1, 0.15) is 70.1 Å². The van der Waals surface area contributed by atoms with Crippen LogP contribution in [0.15, 0.2) is 347 Å². The van der Waals surface area contributed by atoms with Crippen molar-refractivity contribution in [3.63, 3.8) is 0 Å². The lowest BCUT2D eigenvalue weighted by molar-refractivity contribution is -0.328. The first-order valence-electron chi connectivity index (χ1n) is 46.5. The molecule has 13 aromatic carbocycles. The summed E-state index contributed by atoms with van der Waals surface area (Å²) in [4.78, 5) is -0.739. The average Bonchev–Trinajstić information content (AvgIpc) is 0.857. The van der Waals surface area contributed by atoms with Crippen molar-refractivity contribution < 1.29 is 232 Å². The fraction of sp³-hybridized carbons (Fsp3) is 0.304. The topological polar surface area (TPSA) is 380 Å². The van der Waals surface area contributed by atoms with Gasteiger partial charge in [-0.3, -0.25) is 0 Å². The summed E-state index contributed by atoms with van der Waals surface area (Å²) in [6, 6.07) is 99.7. The van der Waals surface area contributed by atoms with E-state index in [2.05, 4.69) is 165 Å². The van der Waals surface area contributed by atoms with Crippen LogP contribution in [-0.2, 0) is 84.2 Å². The predicted octanol–water partition coefficient (Wildman–Crippen LogP) is 4.66. The molecule has 0 radical (unpaired) electrons. The second-order valence-electron chi connectivity index (χ2n) is 34.2. The van der Waals surface area contributed by atoms with Gasteiger partial charge in [0.15, 0.2) is 21.4 Å². The summed E-state index contributed by atoms with van der Waals surface area (Å²) in [6.07, 6.45) is 6.15. The van der Waals surface area contributed by atoms with Crippen LogP contribution in [0.2, 0.25) is 0 Å². The van der Waals surface area contributed by atoms with Crippen LogP contribution < -0.4 is 154 Å². The molecule has 0 bridgehead atoms. The summed E-state index contributed by atoms with van der Waals surface area (Å²) in [5, 5.41) is 0. The maximum Gasteiger partial charge on any atom is 0.296 e. The number of halogens is 6. The van der Waals surface area contributed by atoms with Gasteiger partial charge in [-0.25, -0.2) is 50.5 Å². The van der Waals surface area contributed by atoms with Crippen molar-refractivity contribution in [2.75, 3.05) is 21.3 Å². The smallest absolute Gasteiger partial charge is 0.296 e. The van der Waals surface area contributed by atoms with Gasteiger partial charge in [-0.2, -0.15) is 0 Å². The van der Waals surface area contributed by atoms with E-state index in [1.165, 1.54) is 104 Å². The van der Waals surface area contributed by atoms with Gasteiger partial charge in [-0.15, -0.1) is 0 Å². The normalized spacial score (nSPS) is 12.2. The Labute approximate surface area is 951 Å². The zero-order chi connectivity index (χ0) is 110. The van der Waals surface area contributed by atoms with Crippen molar-refractivity contribution in [1.29, 1.82) is 0 Å². The molecule has 0 aliphatic heterocycles. The van der Waals surface area contributed by atoms with E-state index in [0.717, 1.165) is 78.0 Å². The molecule has 13 rings (SSSR count). The minimum Gasteiger partial charge on any atom is -0.748 e. The molecular formula is C112H138I6O22S6. The molecule has 0 spiro atoms. The highest BCUT2D eigenvalue weighted by Crippen LogP contribution is 2.28. The van der Waals surface area contributed by atoms with E-state index < -0.39 is 72.2 Å². The Hall–Kier alpha value is -7.10. The Kier molecular flexibility index (Phi) is 64.9. The molecule has 0 saturated heterocycles. The van der Waals surface area contributed by atoms with Crippen LogP contribution in [0.5, 0.6) is 23.0 Å². The van der Waals surface area contributed by atoms with E-state index in [1.807, 2.05) is 281 Å². The Bertz CT molecular complexity index is 6140. The summed E-state index contributed by atoms with van der Waals surface area (Å²) in [5.41, 5.74) is 10.6. The fourth-order valence-corrected chi connectivity index (χ4v) is 17.5. The highest BCUT2D eigenvalue weighted by molar-refractivity contribution is 7.86. The number of benzene rings is 13. The maximum atomic E-state index is 10.8. The van der Waals surface area contributed by atoms with E-state index >= 15 is 0 Å². The molecule has 0 amide bonds. The summed E-state index contributed by atoms with van der Waals surface area (Å²) in [5.74, 6) is 5.06. The first kappa shape index (κ1) is 135. The maximum absolute atomic E-state index is 10.8. The van der Waals surface area contributed by atoms with E-state index in [4.69, 9.17) is 18.9 Å². The molecule has 0 saturated carbocycles. The van der Waals surface area contributed by atoms with Crippen molar-refractivity contribution in [3.8, 4) is 23.0 Å². The number of ether oxygens (including phenoxy) is 4. The van der Waals surface area contributed by atoms with Gasteiger partial charge in [0.05, 0.1) is 72.7 Å². The first-order chi connectivity index (χ1) is 68.3. The van der Waals surface area contributed by atoms with Crippen molar-refractivity contribution in [2.45, 2.75) is 221 Å². The second kappa shape index (κ2) is 70.2. The quantitative estimate of drug-likeness (QED) is 0.0525. The fourth-order valence-electron chi connectivity index (χ4n) is 11.9. The zero-order valence-corrected chi connectivity index (χ0v) is 104. The molecule has 0 fully saturated rings. The molecule has 0 N–H and O–H groups in total. The lowest BCUT2D eigenvalue weighted by Crippen LogP contribution is -3.34. The number of methoxy groups -OCH3 is 3. The third-order valence-electron chi connectivity index (χ3n) is 22.1. The molecule has 0 aliphatic carbocycles. The standard InChI is InChI=1S/C17H20O4S.2C11H16O3S.C10H14I.3C10H14O3S.3C7H8IO.2C6H6I/c1-3-13(2)15-6-4-14(5-7-15)12-21-16-8-10-17(11-9-16)22(18,19)20;2*1-3-9(2)11-6-4-10(5-7-11)8-15(12,13)14;1-10(2,3)8-4-6-9(11)7-5-8;3*1-3-8(2)9-4-6-10(7-5-9)14(11,12)13;3*1-9-7-4-2-6(8)3-5-7;2*7-6-4-2-1-3-5-6/h4-11,13H,3,12H2,1-2H3,(H,18,19,20);2*4-7,9H,3,8H2,1-2H3,(H,12,13,14);4-7,11H,1-3H3;3*4-8H,3H2,1-2H3,(H,11,12,13);3*2-5,8H,1H3;2*1-5,7H/q;;;+1;;;;5*+1/p-6. The van der Waals surface area contributed by atoms with Gasteiger partial charge in [-0.1, -0.05) is 262 Å². The third kappa shape index (κ3) is 59.6. The Morgan fingerprint density at radius 2 is 0.418 bits per heavy atom. The van der Waals surface area contributed by atoms with Crippen molar-refractivity contribution in [3.05, 3.63) is 405 Å². The molecule has 6 atom stereocenters. The summed E-state index contributed by atoms with van der Waals surface area (Å²) >= 11 is 12.0. The highest BCUT2D eigenvalue weighted by Gasteiger charge is 2.15. The SMILES string of the molecule is CC(C)(C)c1ccc([IH+])cc1.CCC(C)c1ccc(COc2ccc(S(=O)(=O)[O-])cc2)cc1.CCC(C)c1ccc(CS(=O)(=O)[O-])cc1.CCC(C)c1ccc(CS(=O)(=O)[O-])cc1.CCC(C)c1ccc(S(=O)(=O)[O-])cc1.CCC(C)c1ccc(S(=O)(=O)[O-])cc1.CCC(C)c1ccc(S(=O)(=O)[O-])cc1.COc1ccc([IH+])cc1.COc1ccc([IH+])cc1.COc1ccc([IH+])cc1.[IH+]c1ccccc1.[IH+]c1ccccc1. The van der Waals surface area contributed by atoms with Crippen LogP contribution in [0.25, 0.3) is 0 Å². The lowest BCUT2D eigenvalue weighted by Gasteiger charge is -2.17. The summed E-state index contributed by atoms with van der Waals surface area (Å²) in [6.45, 7) is 32.2. The van der Waals surface area contributed by atoms with Crippen molar-refractivity contribution in [1.82, 2.24) is 0 Å². The second-order valence-corrected chi connectivity index (χ2v) is 50.6. The van der Waals surface area contributed by atoms with E-state index in [-0.39, 0.29) is 25.0 Å². The summed E-state index contributed by atoms with van der Waals surface area (Å²) in [7, 11) is -20.6. The van der Waals surface area contributed by atoms with Gasteiger partial charge in [-0.05, 0) is 305 Å². The number of hydrogen-bond donors (Lipinski definition) is 0. The van der Waals surface area contributed by atoms with Crippen LogP contribution in [0.4, 0.5) is 0 Å². The van der Waals surface area contributed by atoms with E-state index in [1.54, 1.807) is 82.0 Å². The highest BCUT2D eigenvalue weighted by atomic mass is 127. The van der Waals surface area contributed by atoms with Gasteiger partial charge < -0.3 is 46.3 Å². The van der Waals surface area contributed by atoms with Gasteiger partial charge in [0.2, 0.25) is 0 Å². The van der Waals surface area contributed by atoms with Crippen LogP contribution in [0, 0.1) is 21.4 Å². The van der Waals surface area contributed by atoms with E-state index in [0.29, 0.717) is 59.0 Å². The Balaban J connectivity index is 0.000000545. The van der Waals surface area contributed by atoms with Gasteiger partial charge in [0, 0.05) is 0 Å². The zero-order valence-electron chi connectivity index (χ0n) is 85.4. The minimum absolute atomic E-state index is 0.162. The van der Waals surface area contributed by atoms with Crippen molar-refractivity contribution in [2.24, 2.45) is 0 Å². The van der Waals surface area contributed by atoms with E-state index in [9.17, 15) is 77.8 Å². The van der Waals surface area contributed by atoms with Crippen LogP contribution in [-0.4, -0.2) is 99.2 Å². The lowest BCUT2D eigenvalue weighted by atomic mass is 9.87.